The highest BCUT2D eigenvalue weighted by Gasteiger charge is 2.19. The minimum atomic E-state index is -0.603. The molecule has 0 aliphatic carbocycles. The number of carbonyl (C=O) groups is 2. The second-order valence-electron chi connectivity index (χ2n) is 4.27. The molecule has 2 rings (SSSR count). The van der Waals surface area contributed by atoms with Crippen LogP contribution < -0.4 is 0 Å². The highest BCUT2D eigenvalue weighted by molar-refractivity contribution is 6.23. The van der Waals surface area contributed by atoms with Crippen LogP contribution >= 0.6 is 0 Å². The van der Waals surface area contributed by atoms with Crippen LogP contribution in [0.2, 0.25) is 0 Å². The molecule has 0 atom stereocenters. The van der Waals surface area contributed by atoms with E-state index in [2.05, 4.69) is 9.72 Å². The number of esters is 2. The molecule has 0 radical (unpaired) electrons. The highest BCUT2D eigenvalue weighted by atomic mass is 16.5. The molecule has 0 saturated heterocycles. The number of aromatic amines is 1. The van der Waals surface area contributed by atoms with Crippen molar-refractivity contribution in [1.82, 2.24) is 4.98 Å². The van der Waals surface area contributed by atoms with Crippen LogP contribution in [0, 0.1) is 6.92 Å². The molecular weight excluding hydrogens is 258 g/mol. The Balaban J connectivity index is 2.66. The molecule has 2 aromatic rings. The van der Waals surface area contributed by atoms with Crippen LogP contribution in [0.1, 0.15) is 11.1 Å². The number of hydrogen-bond acceptors (Lipinski definition) is 4. The summed E-state index contributed by atoms with van der Waals surface area (Å²) in [4.78, 5) is 26.4. The maximum atomic E-state index is 11.9. The van der Waals surface area contributed by atoms with Crippen LogP contribution in [0.3, 0.4) is 0 Å². The van der Waals surface area contributed by atoms with Gasteiger partial charge < -0.3 is 14.5 Å². The normalized spacial score (nSPS) is 11.4. The zero-order valence-corrected chi connectivity index (χ0v) is 11.5. The molecule has 0 unspecified atom stereocenters. The van der Waals surface area contributed by atoms with Crippen molar-refractivity contribution in [1.29, 1.82) is 0 Å². The predicted octanol–water partition coefficient (Wildman–Crippen LogP) is 2.21. The number of fused-ring (bicyclic) bond motifs is 1. The highest BCUT2D eigenvalue weighted by Crippen LogP contribution is 2.28. The molecule has 5 heteroatoms. The van der Waals surface area contributed by atoms with E-state index >= 15 is 0 Å². The summed E-state index contributed by atoms with van der Waals surface area (Å²) in [5.74, 6) is -1.19. The number of benzene rings is 1. The Morgan fingerprint density at radius 3 is 2.60 bits per heavy atom. The summed E-state index contributed by atoms with van der Waals surface area (Å²) in [5.41, 5.74) is 2.67. The second kappa shape index (κ2) is 5.61. The van der Waals surface area contributed by atoms with Crippen molar-refractivity contribution in [2.45, 2.75) is 6.92 Å². The Labute approximate surface area is 116 Å². The maximum Gasteiger partial charge on any atom is 0.338 e. The number of ether oxygens (including phenoxy) is 2. The van der Waals surface area contributed by atoms with E-state index < -0.39 is 11.9 Å². The van der Waals surface area contributed by atoms with E-state index in [-0.39, 0.29) is 5.57 Å². The van der Waals surface area contributed by atoms with Crippen molar-refractivity contribution in [3.8, 4) is 0 Å². The van der Waals surface area contributed by atoms with Gasteiger partial charge in [-0.2, -0.15) is 0 Å². The summed E-state index contributed by atoms with van der Waals surface area (Å²) < 4.78 is 9.32. The standard InChI is InChI=1S/C15H15NO4/c1-9-5-4-6-12-14(9)11(8-16-12)10(15(18)20-3)7-13(17)19-2/h4-8,16H,1-3H3. The monoisotopic (exact) mass is 273 g/mol. The Morgan fingerprint density at radius 2 is 1.95 bits per heavy atom. The van der Waals surface area contributed by atoms with Gasteiger partial charge in [-0.3, -0.25) is 0 Å². The van der Waals surface area contributed by atoms with Gasteiger partial charge in [-0.25, -0.2) is 9.59 Å². The first-order valence-electron chi connectivity index (χ1n) is 6.03. The van der Waals surface area contributed by atoms with Crippen LogP contribution in [0.25, 0.3) is 16.5 Å². The summed E-state index contributed by atoms with van der Waals surface area (Å²) in [6, 6.07) is 5.76. The maximum absolute atomic E-state index is 11.9. The van der Waals surface area contributed by atoms with Gasteiger partial charge in [0.1, 0.15) is 0 Å². The molecule has 0 amide bonds. The molecule has 0 aliphatic rings. The zero-order valence-electron chi connectivity index (χ0n) is 11.5. The van der Waals surface area contributed by atoms with Gasteiger partial charge in [0.15, 0.2) is 0 Å². The number of hydrogen-bond donors (Lipinski definition) is 1. The molecule has 1 aromatic heterocycles. The molecule has 1 N–H and O–H groups in total. The number of carbonyl (C=O) groups excluding carboxylic acids is 2. The van der Waals surface area contributed by atoms with Crippen molar-refractivity contribution in [2.75, 3.05) is 14.2 Å². The molecule has 0 bridgehead atoms. The van der Waals surface area contributed by atoms with Gasteiger partial charge in [0.25, 0.3) is 0 Å². The van der Waals surface area contributed by atoms with Gasteiger partial charge in [0, 0.05) is 28.7 Å². The molecule has 0 spiro atoms. The predicted molar refractivity (Wildman–Crippen MR) is 75.0 cm³/mol. The van der Waals surface area contributed by atoms with Crippen molar-refractivity contribution in [3.05, 3.63) is 41.6 Å². The van der Waals surface area contributed by atoms with E-state index in [4.69, 9.17) is 4.74 Å². The largest absolute Gasteiger partial charge is 0.466 e. The van der Waals surface area contributed by atoms with E-state index in [0.717, 1.165) is 22.5 Å². The molecule has 0 aliphatic heterocycles. The number of methoxy groups -OCH3 is 2. The third kappa shape index (κ3) is 2.42. The number of aromatic nitrogens is 1. The smallest absolute Gasteiger partial charge is 0.338 e. The van der Waals surface area contributed by atoms with Crippen molar-refractivity contribution in [3.63, 3.8) is 0 Å². The van der Waals surface area contributed by atoms with E-state index in [9.17, 15) is 9.59 Å². The van der Waals surface area contributed by atoms with E-state index in [1.807, 2.05) is 25.1 Å². The Bertz CT molecular complexity index is 697. The summed E-state index contributed by atoms with van der Waals surface area (Å²) in [6.45, 7) is 1.94. The first-order chi connectivity index (χ1) is 9.58. The third-order valence-corrected chi connectivity index (χ3v) is 3.07. The molecule has 1 heterocycles. The van der Waals surface area contributed by atoms with Crippen LogP contribution in [0.5, 0.6) is 0 Å². The van der Waals surface area contributed by atoms with Crippen molar-refractivity contribution < 1.29 is 19.1 Å². The Hall–Kier alpha value is -2.56. The lowest BCUT2D eigenvalue weighted by Crippen LogP contribution is -2.07. The van der Waals surface area contributed by atoms with Gasteiger partial charge in [0.2, 0.25) is 0 Å². The number of H-pyrrole nitrogens is 1. The van der Waals surface area contributed by atoms with Gasteiger partial charge in [-0.05, 0) is 18.6 Å². The van der Waals surface area contributed by atoms with Gasteiger partial charge in [-0.1, -0.05) is 12.1 Å². The lowest BCUT2D eigenvalue weighted by Gasteiger charge is -2.05. The molecule has 1 aromatic carbocycles. The zero-order chi connectivity index (χ0) is 14.7. The lowest BCUT2D eigenvalue weighted by atomic mass is 10.0. The number of nitrogens with one attached hydrogen (secondary N) is 1. The molecule has 104 valence electrons. The minimum absolute atomic E-state index is 0.167. The average molecular weight is 273 g/mol. The van der Waals surface area contributed by atoms with Gasteiger partial charge in [0.05, 0.1) is 19.8 Å². The fourth-order valence-electron chi connectivity index (χ4n) is 2.11. The third-order valence-electron chi connectivity index (χ3n) is 3.07. The van der Waals surface area contributed by atoms with Gasteiger partial charge in [-0.15, -0.1) is 0 Å². The Morgan fingerprint density at radius 1 is 1.20 bits per heavy atom. The lowest BCUT2D eigenvalue weighted by molar-refractivity contribution is -0.136. The summed E-state index contributed by atoms with van der Waals surface area (Å²) >= 11 is 0. The van der Waals surface area contributed by atoms with Crippen molar-refractivity contribution in [2.24, 2.45) is 0 Å². The average Bonchev–Trinajstić information content (AvgIpc) is 2.88. The second-order valence-corrected chi connectivity index (χ2v) is 4.27. The molecular formula is C15H15NO4. The van der Waals surface area contributed by atoms with E-state index in [1.165, 1.54) is 14.2 Å². The van der Waals surface area contributed by atoms with E-state index in [0.29, 0.717) is 5.56 Å². The van der Waals surface area contributed by atoms with Crippen LogP contribution in [-0.2, 0) is 19.1 Å². The molecule has 5 nitrogen and oxygen atoms in total. The van der Waals surface area contributed by atoms with Crippen LogP contribution in [0.15, 0.2) is 30.5 Å². The first-order valence-corrected chi connectivity index (χ1v) is 6.03. The first kappa shape index (κ1) is 13.9. The number of rotatable bonds is 3. The van der Waals surface area contributed by atoms with Crippen LogP contribution in [0.4, 0.5) is 0 Å². The van der Waals surface area contributed by atoms with E-state index in [1.54, 1.807) is 6.20 Å². The topological polar surface area (TPSA) is 68.4 Å². The summed E-state index contributed by atoms with van der Waals surface area (Å²) in [6.07, 6.45) is 2.82. The SMILES string of the molecule is COC(=O)C=C(C(=O)OC)c1c[nH]c2cccc(C)c12. The molecule has 20 heavy (non-hydrogen) atoms. The minimum Gasteiger partial charge on any atom is -0.466 e. The van der Waals surface area contributed by atoms with Crippen molar-refractivity contribution >= 4 is 28.4 Å². The summed E-state index contributed by atoms with van der Waals surface area (Å²) in [7, 11) is 2.53. The number of aryl methyl sites for hydroxylation is 1. The fourth-order valence-corrected chi connectivity index (χ4v) is 2.11. The molecule has 0 fully saturated rings. The molecule has 0 saturated carbocycles. The fraction of sp³-hybridized carbons (Fsp3) is 0.200. The van der Waals surface area contributed by atoms with Gasteiger partial charge >= 0.3 is 11.9 Å². The van der Waals surface area contributed by atoms with Crippen LogP contribution in [-0.4, -0.2) is 31.1 Å². The summed E-state index contributed by atoms with van der Waals surface area (Å²) in [5, 5.41) is 0.882. The quantitative estimate of drug-likeness (QED) is 0.687. The Kier molecular flexibility index (Phi) is 3.89.